The lowest BCUT2D eigenvalue weighted by molar-refractivity contribution is 0.102. The molecule has 30 heavy (non-hydrogen) atoms. The molecule has 4 aromatic rings. The van der Waals surface area contributed by atoms with E-state index < -0.39 is 0 Å². The second kappa shape index (κ2) is 8.80. The molecule has 0 bridgehead atoms. The van der Waals surface area contributed by atoms with E-state index in [0.717, 1.165) is 28.3 Å². The van der Waals surface area contributed by atoms with Crippen LogP contribution in [0.15, 0.2) is 91.0 Å². The van der Waals surface area contributed by atoms with Gasteiger partial charge in [0, 0.05) is 27.4 Å². The standard InChI is InChI=1S/C25H19ClN2O2/c1-30-22-13-11-17(12-14-22)23-9-4-10-24(28-23)18-5-3-8-21(16-18)27-25(29)19-6-2-7-20(26)15-19/h2-16H,1H3,(H,27,29). The molecule has 0 aliphatic heterocycles. The molecule has 1 N–H and O–H groups in total. The van der Waals surface area contributed by atoms with Crippen LogP contribution < -0.4 is 10.1 Å². The van der Waals surface area contributed by atoms with Crippen LogP contribution >= 0.6 is 11.6 Å². The van der Waals surface area contributed by atoms with Gasteiger partial charge in [-0.3, -0.25) is 4.79 Å². The summed E-state index contributed by atoms with van der Waals surface area (Å²) in [5.74, 6) is 0.590. The molecule has 0 fully saturated rings. The van der Waals surface area contributed by atoms with Crippen LogP contribution in [0.1, 0.15) is 10.4 Å². The Kier molecular flexibility index (Phi) is 5.77. The molecule has 0 unspecified atom stereocenters. The molecule has 0 atom stereocenters. The van der Waals surface area contributed by atoms with Crippen molar-refractivity contribution in [1.82, 2.24) is 4.98 Å². The van der Waals surface area contributed by atoms with Gasteiger partial charge in [0.1, 0.15) is 5.75 Å². The van der Waals surface area contributed by atoms with Crippen LogP contribution in [-0.2, 0) is 0 Å². The largest absolute Gasteiger partial charge is 0.497 e. The minimum atomic E-state index is -0.213. The topological polar surface area (TPSA) is 51.2 Å². The summed E-state index contributed by atoms with van der Waals surface area (Å²) in [5, 5.41) is 3.44. The maximum absolute atomic E-state index is 12.5. The van der Waals surface area contributed by atoms with Gasteiger partial charge < -0.3 is 10.1 Å². The molecule has 3 aromatic carbocycles. The number of nitrogens with zero attached hydrogens (tertiary/aromatic N) is 1. The molecule has 0 saturated carbocycles. The highest BCUT2D eigenvalue weighted by Gasteiger charge is 2.09. The van der Waals surface area contributed by atoms with Gasteiger partial charge in [0.05, 0.1) is 18.5 Å². The minimum absolute atomic E-state index is 0.213. The van der Waals surface area contributed by atoms with Crippen molar-refractivity contribution in [2.75, 3.05) is 12.4 Å². The summed E-state index contributed by atoms with van der Waals surface area (Å²) < 4.78 is 5.22. The number of pyridine rings is 1. The van der Waals surface area contributed by atoms with E-state index in [1.807, 2.05) is 66.7 Å². The summed E-state index contributed by atoms with van der Waals surface area (Å²) in [6, 6.07) is 28.1. The normalized spacial score (nSPS) is 10.5. The lowest BCUT2D eigenvalue weighted by atomic mass is 10.1. The van der Waals surface area contributed by atoms with Crippen molar-refractivity contribution >= 4 is 23.2 Å². The lowest BCUT2D eigenvalue weighted by Crippen LogP contribution is -2.11. The third-order valence-corrected chi connectivity index (χ3v) is 4.87. The number of rotatable bonds is 5. The Labute approximate surface area is 180 Å². The Morgan fingerprint density at radius 2 is 1.53 bits per heavy atom. The molecule has 1 aromatic heterocycles. The summed E-state index contributed by atoms with van der Waals surface area (Å²) >= 11 is 5.98. The molecule has 4 nitrogen and oxygen atoms in total. The van der Waals surface area contributed by atoms with Crippen molar-refractivity contribution in [1.29, 1.82) is 0 Å². The maximum Gasteiger partial charge on any atom is 0.255 e. The Balaban J connectivity index is 1.58. The second-order valence-corrected chi connectivity index (χ2v) is 7.12. The number of hydrogen-bond acceptors (Lipinski definition) is 3. The van der Waals surface area contributed by atoms with E-state index in [2.05, 4.69) is 5.32 Å². The van der Waals surface area contributed by atoms with Gasteiger partial charge in [0.15, 0.2) is 0 Å². The number of nitrogens with one attached hydrogen (secondary N) is 1. The van der Waals surface area contributed by atoms with Gasteiger partial charge in [-0.25, -0.2) is 4.98 Å². The highest BCUT2D eigenvalue weighted by atomic mass is 35.5. The average Bonchev–Trinajstić information content (AvgIpc) is 2.79. The summed E-state index contributed by atoms with van der Waals surface area (Å²) in [7, 11) is 1.64. The first-order valence-corrected chi connectivity index (χ1v) is 9.79. The highest BCUT2D eigenvalue weighted by Crippen LogP contribution is 2.26. The SMILES string of the molecule is COc1ccc(-c2cccc(-c3cccc(NC(=O)c4cccc(Cl)c4)c3)n2)cc1. The Morgan fingerprint density at radius 3 is 2.27 bits per heavy atom. The lowest BCUT2D eigenvalue weighted by Gasteiger charge is -2.09. The van der Waals surface area contributed by atoms with Gasteiger partial charge in [0.2, 0.25) is 0 Å². The van der Waals surface area contributed by atoms with Gasteiger partial charge in [-0.1, -0.05) is 35.9 Å². The van der Waals surface area contributed by atoms with Crippen molar-refractivity contribution in [2.45, 2.75) is 0 Å². The molecule has 1 amide bonds. The van der Waals surface area contributed by atoms with E-state index in [1.165, 1.54) is 0 Å². The summed E-state index contributed by atoms with van der Waals surface area (Å²) in [5.41, 5.74) is 4.80. The number of aromatic nitrogens is 1. The highest BCUT2D eigenvalue weighted by molar-refractivity contribution is 6.31. The summed E-state index contributed by atoms with van der Waals surface area (Å²) in [4.78, 5) is 17.3. The molecular weight excluding hydrogens is 396 g/mol. The number of anilines is 1. The Hall–Kier alpha value is -3.63. The van der Waals surface area contributed by atoms with Crippen LogP contribution in [0.4, 0.5) is 5.69 Å². The number of hydrogen-bond donors (Lipinski definition) is 1. The molecule has 0 saturated heterocycles. The number of halogens is 1. The predicted molar refractivity (Wildman–Crippen MR) is 121 cm³/mol. The number of carbonyl (C=O) groups excluding carboxylic acids is 1. The van der Waals surface area contributed by atoms with Crippen LogP contribution in [0.3, 0.4) is 0 Å². The number of benzene rings is 3. The predicted octanol–water partition coefficient (Wildman–Crippen LogP) is 6.33. The van der Waals surface area contributed by atoms with Crippen LogP contribution in [0, 0.1) is 0 Å². The van der Waals surface area contributed by atoms with Gasteiger partial charge in [-0.2, -0.15) is 0 Å². The first kappa shape index (κ1) is 19.7. The van der Waals surface area contributed by atoms with Crippen LogP contribution in [0.5, 0.6) is 5.75 Å². The quantitative estimate of drug-likeness (QED) is 0.415. The van der Waals surface area contributed by atoms with Crippen molar-refractivity contribution in [3.63, 3.8) is 0 Å². The Bertz CT molecular complexity index is 1190. The minimum Gasteiger partial charge on any atom is -0.497 e. The van der Waals surface area contributed by atoms with Crippen molar-refractivity contribution < 1.29 is 9.53 Å². The molecular formula is C25H19ClN2O2. The molecule has 4 rings (SSSR count). The summed E-state index contributed by atoms with van der Waals surface area (Å²) in [6.45, 7) is 0. The van der Waals surface area contributed by atoms with E-state index in [-0.39, 0.29) is 5.91 Å². The molecule has 0 aliphatic carbocycles. The van der Waals surface area contributed by atoms with E-state index in [0.29, 0.717) is 16.3 Å². The fourth-order valence-electron chi connectivity index (χ4n) is 3.11. The summed E-state index contributed by atoms with van der Waals surface area (Å²) in [6.07, 6.45) is 0. The van der Waals surface area contributed by atoms with Crippen molar-refractivity contribution in [3.05, 3.63) is 102 Å². The van der Waals surface area contributed by atoms with E-state index in [4.69, 9.17) is 21.3 Å². The van der Waals surface area contributed by atoms with E-state index in [1.54, 1.807) is 31.4 Å². The molecule has 1 heterocycles. The van der Waals surface area contributed by atoms with Crippen LogP contribution in [-0.4, -0.2) is 18.0 Å². The molecule has 0 radical (unpaired) electrons. The molecule has 148 valence electrons. The number of ether oxygens (including phenoxy) is 1. The monoisotopic (exact) mass is 414 g/mol. The van der Waals surface area contributed by atoms with Crippen molar-refractivity contribution in [2.24, 2.45) is 0 Å². The third kappa shape index (κ3) is 4.50. The number of methoxy groups -OCH3 is 1. The van der Waals surface area contributed by atoms with Gasteiger partial charge in [-0.05, 0) is 66.7 Å². The molecule has 0 aliphatic rings. The smallest absolute Gasteiger partial charge is 0.255 e. The van der Waals surface area contributed by atoms with Gasteiger partial charge in [0.25, 0.3) is 5.91 Å². The van der Waals surface area contributed by atoms with Gasteiger partial charge in [-0.15, -0.1) is 0 Å². The fraction of sp³-hybridized carbons (Fsp3) is 0.0400. The first-order chi connectivity index (χ1) is 14.6. The first-order valence-electron chi connectivity index (χ1n) is 9.41. The average molecular weight is 415 g/mol. The third-order valence-electron chi connectivity index (χ3n) is 4.64. The van der Waals surface area contributed by atoms with Crippen molar-refractivity contribution in [3.8, 4) is 28.3 Å². The molecule has 0 spiro atoms. The maximum atomic E-state index is 12.5. The van der Waals surface area contributed by atoms with E-state index in [9.17, 15) is 4.79 Å². The zero-order valence-electron chi connectivity index (χ0n) is 16.3. The van der Waals surface area contributed by atoms with Gasteiger partial charge >= 0.3 is 0 Å². The zero-order chi connectivity index (χ0) is 20.9. The molecule has 5 heteroatoms. The van der Waals surface area contributed by atoms with Crippen LogP contribution in [0.25, 0.3) is 22.5 Å². The number of amides is 1. The fourth-order valence-corrected chi connectivity index (χ4v) is 3.30. The number of carbonyl (C=O) groups is 1. The Morgan fingerprint density at radius 1 is 0.833 bits per heavy atom. The van der Waals surface area contributed by atoms with E-state index >= 15 is 0 Å². The second-order valence-electron chi connectivity index (χ2n) is 6.68. The van der Waals surface area contributed by atoms with Crippen LogP contribution in [0.2, 0.25) is 5.02 Å². The zero-order valence-corrected chi connectivity index (χ0v) is 17.1.